The molecule has 0 aliphatic rings. The molecule has 3 aromatic rings. The zero-order valence-corrected chi connectivity index (χ0v) is 13.0. The van der Waals surface area contributed by atoms with Crippen LogP contribution in [0.1, 0.15) is 17.0 Å². The van der Waals surface area contributed by atoms with Gasteiger partial charge >= 0.3 is 6.03 Å². The number of aromatic amines is 1. The van der Waals surface area contributed by atoms with Crippen LogP contribution < -0.4 is 10.6 Å². The van der Waals surface area contributed by atoms with Crippen LogP contribution in [0.4, 0.5) is 16.3 Å². The zero-order chi connectivity index (χ0) is 16.2. The molecule has 0 fully saturated rings. The van der Waals surface area contributed by atoms with Gasteiger partial charge in [0.25, 0.3) is 0 Å². The number of carbonyl (C=O) groups is 1. The van der Waals surface area contributed by atoms with Crippen LogP contribution >= 0.6 is 0 Å². The number of anilines is 2. The summed E-state index contributed by atoms with van der Waals surface area (Å²) in [5.41, 5.74) is 2.75. The van der Waals surface area contributed by atoms with E-state index in [1.54, 1.807) is 12.4 Å². The van der Waals surface area contributed by atoms with E-state index in [0.29, 0.717) is 5.82 Å². The van der Waals surface area contributed by atoms with Crippen molar-refractivity contribution in [3.63, 3.8) is 0 Å². The Hall–Kier alpha value is -3.09. The van der Waals surface area contributed by atoms with E-state index < -0.39 is 0 Å². The SMILES string of the molecule is Cc1cn[nH]c1NC(=O)Nc1ccc(Cn2ccnc2C)cc1. The van der Waals surface area contributed by atoms with Crippen molar-refractivity contribution >= 4 is 17.5 Å². The molecule has 0 bridgehead atoms. The Bertz CT molecular complexity index is 802. The number of H-pyrrole nitrogens is 1. The third kappa shape index (κ3) is 3.57. The van der Waals surface area contributed by atoms with E-state index >= 15 is 0 Å². The number of nitrogens with zero attached hydrogens (tertiary/aromatic N) is 3. The van der Waals surface area contributed by atoms with E-state index in [2.05, 4.69) is 30.4 Å². The van der Waals surface area contributed by atoms with Crippen molar-refractivity contribution in [3.8, 4) is 0 Å². The van der Waals surface area contributed by atoms with Gasteiger partial charge in [-0.25, -0.2) is 9.78 Å². The molecule has 0 radical (unpaired) electrons. The zero-order valence-electron chi connectivity index (χ0n) is 13.0. The van der Waals surface area contributed by atoms with Crippen molar-refractivity contribution in [3.05, 3.63) is 59.8 Å². The number of carbonyl (C=O) groups excluding carboxylic acids is 1. The predicted octanol–water partition coefficient (Wildman–Crippen LogP) is 2.92. The number of rotatable bonds is 4. The quantitative estimate of drug-likeness (QED) is 0.692. The number of aromatic nitrogens is 4. The highest BCUT2D eigenvalue weighted by atomic mass is 16.2. The molecule has 2 aromatic heterocycles. The molecule has 2 amide bonds. The summed E-state index contributed by atoms with van der Waals surface area (Å²) in [6, 6.07) is 7.41. The first kappa shape index (κ1) is 14.8. The van der Waals surface area contributed by atoms with Gasteiger partial charge in [0.15, 0.2) is 0 Å². The van der Waals surface area contributed by atoms with Gasteiger partial charge in [0.2, 0.25) is 0 Å². The van der Waals surface area contributed by atoms with Crippen LogP contribution in [0.5, 0.6) is 0 Å². The van der Waals surface area contributed by atoms with Gasteiger partial charge in [-0.2, -0.15) is 5.10 Å². The average Bonchev–Trinajstić information content (AvgIpc) is 3.11. The fourth-order valence-electron chi connectivity index (χ4n) is 2.21. The molecule has 2 heterocycles. The molecule has 3 rings (SSSR count). The number of hydrogen-bond acceptors (Lipinski definition) is 3. The molecule has 0 saturated carbocycles. The maximum atomic E-state index is 11.9. The molecule has 0 aliphatic carbocycles. The molecule has 7 nitrogen and oxygen atoms in total. The second kappa shape index (κ2) is 6.35. The van der Waals surface area contributed by atoms with Gasteiger partial charge in [0.05, 0.1) is 6.20 Å². The van der Waals surface area contributed by atoms with Crippen molar-refractivity contribution < 1.29 is 4.79 Å². The van der Waals surface area contributed by atoms with Crippen molar-refractivity contribution in [2.75, 3.05) is 10.6 Å². The summed E-state index contributed by atoms with van der Waals surface area (Å²) < 4.78 is 2.07. The molecular formula is C16H18N6O. The van der Waals surface area contributed by atoms with Crippen LogP contribution in [-0.4, -0.2) is 25.8 Å². The Kier molecular flexibility index (Phi) is 4.09. The van der Waals surface area contributed by atoms with Crippen molar-refractivity contribution in [1.29, 1.82) is 0 Å². The highest BCUT2D eigenvalue weighted by molar-refractivity contribution is 5.99. The Balaban J connectivity index is 1.60. The summed E-state index contributed by atoms with van der Waals surface area (Å²) in [5.74, 6) is 1.57. The lowest BCUT2D eigenvalue weighted by Gasteiger charge is -2.09. The first-order valence-electron chi connectivity index (χ1n) is 7.26. The molecule has 1 aromatic carbocycles. The smallest absolute Gasteiger partial charge is 0.324 e. The second-order valence-corrected chi connectivity index (χ2v) is 5.31. The van der Waals surface area contributed by atoms with Crippen LogP contribution in [0.2, 0.25) is 0 Å². The summed E-state index contributed by atoms with van der Waals surface area (Å²) in [6.07, 6.45) is 5.39. The second-order valence-electron chi connectivity index (χ2n) is 5.31. The molecule has 0 spiro atoms. The molecular weight excluding hydrogens is 292 g/mol. The van der Waals surface area contributed by atoms with Gasteiger partial charge < -0.3 is 9.88 Å². The number of hydrogen-bond donors (Lipinski definition) is 3. The van der Waals surface area contributed by atoms with Gasteiger partial charge in [-0.05, 0) is 31.5 Å². The highest BCUT2D eigenvalue weighted by Crippen LogP contribution is 2.13. The lowest BCUT2D eigenvalue weighted by Crippen LogP contribution is -2.20. The Labute approximate surface area is 133 Å². The van der Waals surface area contributed by atoms with E-state index in [0.717, 1.165) is 29.2 Å². The van der Waals surface area contributed by atoms with Crippen LogP contribution in [0.3, 0.4) is 0 Å². The number of benzene rings is 1. The number of amides is 2. The van der Waals surface area contributed by atoms with E-state index in [1.165, 1.54) is 0 Å². The largest absolute Gasteiger partial charge is 0.331 e. The predicted molar refractivity (Wildman–Crippen MR) is 88.5 cm³/mol. The lowest BCUT2D eigenvalue weighted by molar-refractivity contribution is 0.262. The lowest BCUT2D eigenvalue weighted by atomic mass is 10.2. The standard InChI is InChI=1S/C16H18N6O/c1-11-9-18-21-15(11)20-16(23)19-14-5-3-13(4-6-14)10-22-8-7-17-12(22)2/h3-9H,10H2,1-2H3,(H3,18,19,20,21,23). The van der Waals surface area contributed by atoms with Gasteiger partial charge in [-0.15, -0.1) is 0 Å². The number of urea groups is 1. The first-order chi connectivity index (χ1) is 11.1. The van der Waals surface area contributed by atoms with Crippen molar-refractivity contribution in [1.82, 2.24) is 19.7 Å². The van der Waals surface area contributed by atoms with Crippen molar-refractivity contribution in [2.45, 2.75) is 20.4 Å². The average molecular weight is 310 g/mol. The van der Waals surface area contributed by atoms with Crippen LogP contribution in [0.25, 0.3) is 0 Å². The Morgan fingerprint density at radius 1 is 1.22 bits per heavy atom. The molecule has 3 N–H and O–H groups in total. The van der Waals surface area contributed by atoms with E-state index in [1.807, 2.05) is 44.3 Å². The summed E-state index contributed by atoms with van der Waals surface area (Å²) in [7, 11) is 0. The van der Waals surface area contributed by atoms with Gasteiger partial charge in [-0.1, -0.05) is 12.1 Å². The van der Waals surface area contributed by atoms with Gasteiger partial charge in [0, 0.05) is 30.2 Å². The minimum absolute atomic E-state index is 0.310. The monoisotopic (exact) mass is 310 g/mol. The van der Waals surface area contributed by atoms with Crippen LogP contribution in [0, 0.1) is 13.8 Å². The highest BCUT2D eigenvalue weighted by Gasteiger charge is 2.06. The normalized spacial score (nSPS) is 10.5. The summed E-state index contributed by atoms with van der Waals surface area (Å²) in [6.45, 7) is 4.59. The molecule has 0 unspecified atom stereocenters. The number of imidazole rings is 1. The molecule has 0 saturated heterocycles. The minimum Gasteiger partial charge on any atom is -0.331 e. The number of aryl methyl sites for hydroxylation is 2. The Morgan fingerprint density at radius 3 is 2.61 bits per heavy atom. The third-order valence-electron chi connectivity index (χ3n) is 3.56. The van der Waals surface area contributed by atoms with Crippen LogP contribution in [0.15, 0.2) is 42.9 Å². The molecule has 0 aliphatic heterocycles. The van der Waals surface area contributed by atoms with Gasteiger partial charge in [-0.3, -0.25) is 10.4 Å². The summed E-state index contributed by atoms with van der Waals surface area (Å²) >= 11 is 0. The third-order valence-corrected chi connectivity index (χ3v) is 3.56. The van der Waals surface area contributed by atoms with E-state index in [-0.39, 0.29) is 6.03 Å². The number of nitrogens with one attached hydrogen (secondary N) is 3. The molecule has 7 heteroatoms. The van der Waals surface area contributed by atoms with E-state index in [4.69, 9.17) is 0 Å². The minimum atomic E-state index is -0.310. The summed E-state index contributed by atoms with van der Waals surface area (Å²) in [5, 5.41) is 12.1. The maximum Gasteiger partial charge on any atom is 0.324 e. The fraction of sp³-hybridized carbons (Fsp3) is 0.188. The summed E-state index contributed by atoms with van der Waals surface area (Å²) in [4.78, 5) is 16.1. The Morgan fingerprint density at radius 2 is 2.00 bits per heavy atom. The first-order valence-corrected chi connectivity index (χ1v) is 7.26. The van der Waals surface area contributed by atoms with E-state index in [9.17, 15) is 4.79 Å². The fourth-order valence-corrected chi connectivity index (χ4v) is 2.21. The maximum absolute atomic E-state index is 11.9. The van der Waals surface area contributed by atoms with Crippen molar-refractivity contribution in [2.24, 2.45) is 0 Å². The molecule has 23 heavy (non-hydrogen) atoms. The molecule has 0 atom stereocenters. The van der Waals surface area contributed by atoms with Gasteiger partial charge in [0.1, 0.15) is 11.6 Å². The molecule has 118 valence electrons. The topological polar surface area (TPSA) is 87.6 Å². The van der Waals surface area contributed by atoms with Crippen LogP contribution in [-0.2, 0) is 6.54 Å².